The van der Waals surface area contributed by atoms with Gasteiger partial charge in [0.1, 0.15) is 11.8 Å². The van der Waals surface area contributed by atoms with Crippen LogP contribution in [0.4, 0.5) is 13.2 Å². The number of ether oxygens (including phenoxy) is 1. The number of unbranched alkanes of at least 4 members (excludes halogenated alkanes) is 1. The van der Waals surface area contributed by atoms with Gasteiger partial charge in [0.05, 0.1) is 12.0 Å². The molecule has 1 amide bonds. The molecule has 2 aromatic rings. The lowest BCUT2D eigenvalue weighted by Gasteiger charge is -2.30. The van der Waals surface area contributed by atoms with E-state index < -0.39 is 23.5 Å². The number of hydrogen-bond donors (Lipinski definition) is 1. The molecule has 1 unspecified atom stereocenters. The summed E-state index contributed by atoms with van der Waals surface area (Å²) in [5.41, 5.74) is 1.61. The van der Waals surface area contributed by atoms with Gasteiger partial charge in [0.15, 0.2) is 0 Å². The van der Waals surface area contributed by atoms with Crippen molar-refractivity contribution in [3.8, 4) is 5.75 Å². The number of halogens is 3. The van der Waals surface area contributed by atoms with Crippen molar-refractivity contribution in [2.75, 3.05) is 13.2 Å². The first-order valence-corrected chi connectivity index (χ1v) is 9.43. The summed E-state index contributed by atoms with van der Waals surface area (Å²) in [5, 5.41) is 2.50. The van der Waals surface area contributed by atoms with Crippen molar-refractivity contribution >= 4 is 16.7 Å². The normalized spacial score (nSPS) is 18.3. The highest BCUT2D eigenvalue weighted by atomic mass is 19.4. The molecule has 2 aromatic carbocycles. The summed E-state index contributed by atoms with van der Waals surface area (Å²) in [7, 11) is 0. The van der Waals surface area contributed by atoms with Crippen molar-refractivity contribution < 1.29 is 22.7 Å². The quantitative estimate of drug-likeness (QED) is 0.702. The van der Waals surface area contributed by atoms with Gasteiger partial charge in [-0.25, -0.2) is 5.01 Å². The molecule has 1 saturated heterocycles. The van der Waals surface area contributed by atoms with E-state index in [0.717, 1.165) is 23.2 Å². The molecular weight excluding hydrogens is 369 g/mol. The number of carbonyl (C=O) groups is 1. The minimum atomic E-state index is -4.52. The molecule has 0 bridgehead atoms. The Bertz CT molecular complexity index is 864. The minimum Gasteiger partial charge on any atom is -0.494 e. The van der Waals surface area contributed by atoms with Crippen LogP contribution in [-0.4, -0.2) is 30.2 Å². The molecule has 1 N–H and O–H groups in total. The molecular formula is C21H25F3N2O2. The fraction of sp³-hybridized carbons (Fsp3) is 0.476. The summed E-state index contributed by atoms with van der Waals surface area (Å²) >= 11 is 0. The SMILES string of the molecule is CCCCOc1ccc2cc(C(N3CC(C)(C)C(=O)N3)C(F)(F)F)ccc2c1. The van der Waals surface area contributed by atoms with E-state index in [1.54, 1.807) is 32.0 Å². The zero-order valence-corrected chi connectivity index (χ0v) is 16.3. The number of nitrogens with zero attached hydrogens (tertiary/aromatic N) is 1. The molecule has 7 heteroatoms. The average molecular weight is 394 g/mol. The van der Waals surface area contributed by atoms with E-state index in [9.17, 15) is 18.0 Å². The molecule has 1 fully saturated rings. The van der Waals surface area contributed by atoms with Crippen LogP contribution in [-0.2, 0) is 4.79 Å². The molecule has 1 aliphatic rings. The predicted octanol–water partition coefficient (Wildman–Crippen LogP) is 5.00. The zero-order valence-electron chi connectivity index (χ0n) is 16.3. The lowest BCUT2D eigenvalue weighted by Crippen LogP contribution is -2.43. The van der Waals surface area contributed by atoms with E-state index in [2.05, 4.69) is 12.3 Å². The molecule has 0 saturated carbocycles. The Hall–Kier alpha value is -2.28. The van der Waals surface area contributed by atoms with E-state index in [4.69, 9.17) is 4.74 Å². The summed E-state index contributed by atoms with van der Waals surface area (Å²) in [4.78, 5) is 12.0. The Kier molecular flexibility index (Phi) is 5.57. The molecule has 4 nitrogen and oxygen atoms in total. The van der Waals surface area contributed by atoms with E-state index in [1.165, 1.54) is 12.1 Å². The number of hydrazine groups is 1. The lowest BCUT2D eigenvalue weighted by molar-refractivity contribution is -0.191. The van der Waals surface area contributed by atoms with Gasteiger partial charge >= 0.3 is 6.18 Å². The Morgan fingerprint density at radius 3 is 2.46 bits per heavy atom. The summed E-state index contributed by atoms with van der Waals surface area (Å²) < 4.78 is 47.2. The first kappa shape index (κ1) is 20.5. The maximum absolute atomic E-state index is 13.9. The highest BCUT2D eigenvalue weighted by Gasteiger charge is 2.51. The van der Waals surface area contributed by atoms with E-state index in [1.807, 2.05) is 6.07 Å². The molecule has 0 spiro atoms. The number of nitrogens with one attached hydrogen (secondary N) is 1. The number of alkyl halides is 3. The van der Waals surface area contributed by atoms with E-state index in [0.29, 0.717) is 17.7 Å². The maximum Gasteiger partial charge on any atom is 0.409 e. The molecule has 152 valence electrons. The molecule has 3 rings (SSSR count). The van der Waals surface area contributed by atoms with Gasteiger partial charge in [-0.15, -0.1) is 0 Å². The van der Waals surface area contributed by atoms with E-state index >= 15 is 0 Å². The first-order chi connectivity index (χ1) is 13.1. The van der Waals surface area contributed by atoms with Crippen molar-refractivity contribution in [3.05, 3.63) is 42.0 Å². The third-order valence-electron chi connectivity index (χ3n) is 4.97. The Labute approximate surface area is 162 Å². The minimum absolute atomic E-state index is 0.0156. The van der Waals surface area contributed by atoms with Crippen molar-refractivity contribution in [2.24, 2.45) is 5.41 Å². The van der Waals surface area contributed by atoms with Crippen LogP contribution in [0.1, 0.15) is 45.2 Å². The summed E-state index contributed by atoms with van der Waals surface area (Å²) in [6.07, 6.45) is -2.55. The molecule has 28 heavy (non-hydrogen) atoms. The largest absolute Gasteiger partial charge is 0.494 e. The Morgan fingerprint density at radius 1 is 1.18 bits per heavy atom. The standard InChI is InChI=1S/C21H25F3N2O2/c1-4-5-10-28-17-9-8-14-11-16(7-6-15(14)12-17)18(21(22,23)24)26-13-20(2,3)19(27)25-26/h6-9,11-12,18H,4-5,10,13H2,1-3H3,(H,25,27). The second-order valence-corrected chi connectivity index (χ2v) is 7.87. The second-order valence-electron chi connectivity index (χ2n) is 7.87. The molecule has 1 aliphatic heterocycles. The van der Waals surface area contributed by atoms with Gasteiger partial charge < -0.3 is 4.74 Å². The summed E-state index contributed by atoms with van der Waals surface area (Å²) in [6, 6.07) is 8.12. The van der Waals surface area contributed by atoms with Crippen LogP contribution in [0.15, 0.2) is 36.4 Å². The Morgan fingerprint density at radius 2 is 1.86 bits per heavy atom. The molecule has 0 aliphatic carbocycles. The molecule has 1 heterocycles. The van der Waals surface area contributed by atoms with Crippen molar-refractivity contribution in [3.63, 3.8) is 0 Å². The first-order valence-electron chi connectivity index (χ1n) is 9.43. The predicted molar refractivity (Wildman–Crippen MR) is 102 cm³/mol. The average Bonchev–Trinajstić information content (AvgIpc) is 2.86. The lowest BCUT2D eigenvalue weighted by atomic mass is 9.93. The zero-order chi connectivity index (χ0) is 20.5. The smallest absolute Gasteiger partial charge is 0.409 e. The van der Waals surface area contributed by atoms with Crippen LogP contribution in [0.3, 0.4) is 0 Å². The van der Waals surface area contributed by atoms with Crippen molar-refractivity contribution in [2.45, 2.75) is 45.8 Å². The van der Waals surface area contributed by atoms with Gasteiger partial charge in [0.2, 0.25) is 5.91 Å². The van der Waals surface area contributed by atoms with Gasteiger partial charge in [-0.05, 0) is 54.8 Å². The van der Waals surface area contributed by atoms with Crippen molar-refractivity contribution in [1.82, 2.24) is 10.4 Å². The molecule has 0 aromatic heterocycles. The summed E-state index contributed by atoms with van der Waals surface area (Å²) in [5.74, 6) is 0.297. The highest BCUT2D eigenvalue weighted by Crippen LogP contribution is 2.41. The van der Waals surface area contributed by atoms with Crippen LogP contribution >= 0.6 is 0 Å². The van der Waals surface area contributed by atoms with Crippen molar-refractivity contribution in [1.29, 1.82) is 0 Å². The third kappa shape index (κ3) is 4.24. The van der Waals surface area contributed by atoms with Gasteiger partial charge in [0.25, 0.3) is 0 Å². The number of carbonyl (C=O) groups excluding carboxylic acids is 1. The molecule has 0 radical (unpaired) electrons. The number of benzene rings is 2. The number of hydrogen-bond acceptors (Lipinski definition) is 3. The Balaban J connectivity index is 1.91. The number of fused-ring (bicyclic) bond motifs is 1. The maximum atomic E-state index is 13.9. The number of rotatable bonds is 6. The fourth-order valence-electron chi connectivity index (χ4n) is 3.36. The van der Waals surface area contributed by atoms with Crippen LogP contribution in [0.25, 0.3) is 10.8 Å². The summed E-state index contributed by atoms with van der Waals surface area (Å²) in [6.45, 7) is 5.94. The van der Waals surface area contributed by atoms with Crippen LogP contribution in [0.2, 0.25) is 0 Å². The van der Waals surface area contributed by atoms with Gasteiger partial charge in [0, 0.05) is 6.54 Å². The van der Waals surface area contributed by atoms with Gasteiger partial charge in [-0.1, -0.05) is 31.5 Å². The second kappa shape index (κ2) is 7.62. The monoisotopic (exact) mass is 394 g/mol. The highest BCUT2D eigenvalue weighted by molar-refractivity contribution is 5.85. The fourth-order valence-corrected chi connectivity index (χ4v) is 3.36. The van der Waals surface area contributed by atoms with Gasteiger partial charge in [-0.3, -0.25) is 10.2 Å². The third-order valence-corrected chi connectivity index (χ3v) is 4.97. The topological polar surface area (TPSA) is 41.6 Å². The molecule has 1 atom stereocenters. The van der Waals surface area contributed by atoms with Crippen LogP contribution < -0.4 is 10.2 Å². The van der Waals surface area contributed by atoms with Gasteiger partial charge in [-0.2, -0.15) is 13.2 Å². The van der Waals surface area contributed by atoms with E-state index in [-0.39, 0.29) is 12.1 Å². The van der Waals surface area contributed by atoms with Crippen LogP contribution in [0, 0.1) is 5.41 Å². The van der Waals surface area contributed by atoms with Crippen LogP contribution in [0.5, 0.6) is 5.75 Å². The number of amides is 1.